The molecule has 0 spiro atoms. The predicted molar refractivity (Wildman–Crippen MR) is 53.0 cm³/mol. The molecule has 1 unspecified atom stereocenters. The summed E-state index contributed by atoms with van der Waals surface area (Å²) in [5.41, 5.74) is -2.18. The third-order valence-corrected chi connectivity index (χ3v) is 2.28. The van der Waals surface area contributed by atoms with Crippen LogP contribution in [0, 0.1) is 0 Å². The average Bonchev–Trinajstić information content (AvgIpc) is 2.18. The van der Waals surface area contributed by atoms with E-state index in [-0.39, 0.29) is 0 Å². The Morgan fingerprint density at radius 3 is 2.53 bits per heavy atom. The third-order valence-electron chi connectivity index (χ3n) is 1.95. The summed E-state index contributed by atoms with van der Waals surface area (Å²) in [5.74, 6) is -1.49. The number of carbonyl (C=O) groups is 1. The number of aromatic nitrogens is 1. The first-order chi connectivity index (χ1) is 7.73. The Hall–Kier alpha value is -1.50. The van der Waals surface area contributed by atoms with Gasteiger partial charge >= 0.3 is 12.1 Å². The Bertz CT molecular complexity index is 483. The number of hydrogen-bond acceptors (Lipinski definition) is 2. The van der Waals surface area contributed by atoms with E-state index >= 15 is 0 Å². The Balaban J connectivity index is 3.22. The van der Waals surface area contributed by atoms with E-state index in [4.69, 9.17) is 16.7 Å². The van der Waals surface area contributed by atoms with Gasteiger partial charge in [-0.05, 0) is 6.07 Å². The van der Waals surface area contributed by atoms with Crippen LogP contribution in [-0.4, -0.2) is 21.0 Å². The largest absolute Gasteiger partial charge is 0.480 e. The van der Waals surface area contributed by atoms with Crippen LogP contribution in [-0.2, 0) is 17.5 Å². The highest BCUT2D eigenvalue weighted by atomic mass is 35.5. The number of alkyl halides is 4. The molecule has 4 nitrogen and oxygen atoms in total. The summed E-state index contributed by atoms with van der Waals surface area (Å²) >= 11 is 5.32. The first-order valence-electron chi connectivity index (χ1n) is 4.37. The molecular weight excluding hydrogens is 263 g/mol. The van der Waals surface area contributed by atoms with Crippen molar-refractivity contribution in [1.82, 2.24) is 4.57 Å². The number of rotatable bonds is 3. The highest BCUT2D eigenvalue weighted by Gasteiger charge is 2.35. The normalized spacial score (nSPS) is 13.4. The van der Waals surface area contributed by atoms with Crippen LogP contribution in [0.4, 0.5) is 13.2 Å². The van der Waals surface area contributed by atoms with Crippen molar-refractivity contribution in [2.24, 2.45) is 0 Å². The monoisotopic (exact) mass is 269 g/mol. The van der Waals surface area contributed by atoms with E-state index in [0.29, 0.717) is 10.6 Å². The molecular formula is C9H7ClF3NO3. The van der Waals surface area contributed by atoms with Crippen molar-refractivity contribution in [2.75, 3.05) is 0 Å². The molecule has 0 fully saturated rings. The van der Waals surface area contributed by atoms with Crippen LogP contribution in [0.1, 0.15) is 5.69 Å². The fraction of sp³-hybridized carbons (Fsp3) is 0.333. The number of nitrogens with zero attached hydrogens (tertiary/aromatic N) is 1. The van der Waals surface area contributed by atoms with Gasteiger partial charge in [-0.3, -0.25) is 9.59 Å². The van der Waals surface area contributed by atoms with Gasteiger partial charge in [-0.2, -0.15) is 13.2 Å². The zero-order chi connectivity index (χ0) is 13.2. The van der Waals surface area contributed by atoms with E-state index in [1.54, 1.807) is 0 Å². The fourth-order valence-electron chi connectivity index (χ4n) is 1.19. The van der Waals surface area contributed by atoms with E-state index in [1.165, 1.54) is 0 Å². The Morgan fingerprint density at radius 1 is 1.47 bits per heavy atom. The van der Waals surface area contributed by atoms with Gasteiger partial charge in [0.1, 0.15) is 11.1 Å². The van der Waals surface area contributed by atoms with E-state index in [0.717, 1.165) is 12.1 Å². The minimum absolute atomic E-state index is 0.297. The smallest absolute Gasteiger partial charge is 0.431 e. The molecule has 1 heterocycles. The molecule has 0 aliphatic rings. The summed E-state index contributed by atoms with van der Waals surface area (Å²) in [6.07, 6.45) is -4.74. The van der Waals surface area contributed by atoms with Crippen molar-refractivity contribution >= 4 is 17.6 Å². The maximum atomic E-state index is 12.5. The van der Waals surface area contributed by atoms with Gasteiger partial charge in [0.15, 0.2) is 0 Å². The van der Waals surface area contributed by atoms with Crippen molar-refractivity contribution in [3.63, 3.8) is 0 Å². The molecule has 0 aliphatic heterocycles. The first kappa shape index (κ1) is 13.6. The second-order valence-electron chi connectivity index (χ2n) is 3.16. The van der Waals surface area contributed by atoms with Crippen molar-refractivity contribution in [1.29, 1.82) is 0 Å². The second-order valence-corrected chi connectivity index (χ2v) is 3.69. The van der Waals surface area contributed by atoms with Gasteiger partial charge in [0, 0.05) is 6.07 Å². The highest BCUT2D eigenvalue weighted by molar-refractivity contribution is 6.29. The number of carboxylic acids is 1. The zero-order valence-electron chi connectivity index (χ0n) is 8.24. The molecule has 0 aromatic carbocycles. The lowest BCUT2D eigenvalue weighted by Gasteiger charge is -2.15. The fourth-order valence-corrected chi connectivity index (χ4v) is 1.33. The van der Waals surface area contributed by atoms with Crippen LogP contribution in [0.3, 0.4) is 0 Å². The summed E-state index contributed by atoms with van der Waals surface area (Å²) < 4.78 is 37.9. The molecule has 0 aliphatic carbocycles. The quantitative estimate of drug-likeness (QED) is 0.847. The second kappa shape index (κ2) is 4.79. The van der Waals surface area contributed by atoms with Gasteiger partial charge in [0.25, 0.3) is 5.56 Å². The van der Waals surface area contributed by atoms with Crippen LogP contribution in [0.15, 0.2) is 23.0 Å². The van der Waals surface area contributed by atoms with E-state index in [1.807, 2.05) is 0 Å². The predicted octanol–water partition coefficient (Wildman–Crippen LogP) is 1.56. The van der Waals surface area contributed by atoms with Crippen LogP contribution < -0.4 is 5.56 Å². The molecule has 1 aromatic heterocycles. The minimum atomic E-state index is -4.74. The Labute approximate surface area is 98.2 Å². The van der Waals surface area contributed by atoms with Gasteiger partial charge in [-0.25, -0.2) is 0 Å². The lowest BCUT2D eigenvalue weighted by atomic mass is 10.3. The van der Waals surface area contributed by atoms with E-state index < -0.39 is 35.3 Å². The first-order valence-corrected chi connectivity index (χ1v) is 4.81. The van der Waals surface area contributed by atoms with Crippen molar-refractivity contribution < 1.29 is 23.1 Å². The van der Waals surface area contributed by atoms with Crippen LogP contribution in [0.25, 0.3) is 0 Å². The third kappa shape index (κ3) is 3.23. The molecule has 1 rings (SSSR count). The molecule has 0 radical (unpaired) electrons. The van der Waals surface area contributed by atoms with Crippen LogP contribution in [0.2, 0.25) is 0 Å². The summed E-state index contributed by atoms with van der Waals surface area (Å²) in [6.45, 7) is -0.745. The molecule has 8 heteroatoms. The molecule has 0 amide bonds. The minimum Gasteiger partial charge on any atom is -0.480 e. The van der Waals surface area contributed by atoms with Crippen molar-refractivity contribution in [2.45, 2.75) is 18.1 Å². The van der Waals surface area contributed by atoms with Gasteiger partial charge in [0.05, 0.1) is 6.54 Å². The summed E-state index contributed by atoms with van der Waals surface area (Å²) in [6, 6.07) is 2.54. The van der Waals surface area contributed by atoms with Crippen molar-refractivity contribution in [3.8, 4) is 0 Å². The molecule has 17 heavy (non-hydrogen) atoms. The van der Waals surface area contributed by atoms with Crippen molar-refractivity contribution in [3.05, 3.63) is 34.2 Å². The number of pyridine rings is 1. The van der Waals surface area contributed by atoms with Crippen LogP contribution in [0.5, 0.6) is 0 Å². The van der Waals surface area contributed by atoms with E-state index in [9.17, 15) is 22.8 Å². The number of aliphatic carboxylic acids is 1. The number of carboxylic acid groups (broad SMARTS) is 1. The lowest BCUT2D eigenvalue weighted by molar-refractivity contribution is -0.145. The molecule has 1 aromatic rings. The maximum Gasteiger partial charge on any atom is 0.431 e. The SMILES string of the molecule is O=C(O)C(Cl)Cn1c(C(F)(F)F)cccc1=O. The summed E-state index contributed by atoms with van der Waals surface area (Å²) in [4.78, 5) is 21.7. The standard InChI is InChI=1S/C9H7ClF3NO3/c10-5(8(16)17)4-14-6(9(11,12)13)2-1-3-7(14)15/h1-3,5H,4H2,(H,16,17). The topological polar surface area (TPSA) is 59.3 Å². The number of hydrogen-bond donors (Lipinski definition) is 1. The van der Waals surface area contributed by atoms with E-state index in [2.05, 4.69) is 0 Å². The highest BCUT2D eigenvalue weighted by Crippen LogP contribution is 2.28. The molecule has 1 atom stereocenters. The zero-order valence-corrected chi connectivity index (χ0v) is 9.00. The molecule has 0 saturated heterocycles. The van der Waals surface area contributed by atoms with Gasteiger partial charge in [-0.15, -0.1) is 11.6 Å². The molecule has 0 bridgehead atoms. The Kier molecular flexibility index (Phi) is 3.82. The van der Waals surface area contributed by atoms with Crippen LogP contribution >= 0.6 is 11.6 Å². The maximum absolute atomic E-state index is 12.5. The summed E-state index contributed by atoms with van der Waals surface area (Å²) in [7, 11) is 0. The van der Waals surface area contributed by atoms with Gasteiger partial charge in [-0.1, -0.05) is 6.07 Å². The summed E-state index contributed by atoms with van der Waals surface area (Å²) in [5, 5.41) is 6.90. The van der Waals surface area contributed by atoms with Gasteiger partial charge < -0.3 is 9.67 Å². The molecule has 94 valence electrons. The molecule has 1 N–H and O–H groups in total. The average molecular weight is 270 g/mol. The van der Waals surface area contributed by atoms with Gasteiger partial charge in [0.2, 0.25) is 0 Å². The Morgan fingerprint density at radius 2 is 2.06 bits per heavy atom. The molecule has 0 saturated carbocycles. The number of halogens is 4. The lowest BCUT2D eigenvalue weighted by Crippen LogP contribution is -2.32.